The zero-order chi connectivity index (χ0) is 22.0. The van der Waals surface area contributed by atoms with E-state index in [1.54, 1.807) is 6.20 Å². The lowest BCUT2D eigenvalue weighted by atomic mass is 9.99. The van der Waals surface area contributed by atoms with Crippen LogP contribution in [0.4, 0.5) is 5.69 Å². The van der Waals surface area contributed by atoms with Crippen molar-refractivity contribution in [2.45, 2.75) is 38.4 Å². The van der Waals surface area contributed by atoms with Crippen molar-refractivity contribution in [1.29, 1.82) is 0 Å². The van der Waals surface area contributed by atoms with Gasteiger partial charge in [0.2, 0.25) is 5.91 Å². The van der Waals surface area contributed by atoms with Crippen LogP contribution in [-0.2, 0) is 10.3 Å². The third-order valence-electron chi connectivity index (χ3n) is 5.40. The van der Waals surface area contributed by atoms with Gasteiger partial charge < -0.3 is 20.1 Å². The van der Waals surface area contributed by atoms with Crippen LogP contribution in [-0.4, -0.2) is 32.0 Å². The minimum atomic E-state index is -0.146. The Hall–Kier alpha value is -3.19. The van der Waals surface area contributed by atoms with Gasteiger partial charge in [0.15, 0.2) is 5.11 Å². The molecule has 2 N–H and O–H groups in total. The molecule has 0 radical (unpaired) electrons. The number of thiocarbonyl (C=S) groups is 1. The summed E-state index contributed by atoms with van der Waals surface area (Å²) in [5.74, 6) is -0.114. The Morgan fingerprint density at radius 3 is 2.52 bits per heavy atom. The number of rotatable bonds is 5. The first-order valence-corrected chi connectivity index (χ1v) is 10.7. The van der Waals surface area contributed by atoms with Crippen molar-refractivity contribution in [3.8, 4) is 0 Å². The number of nitrogens with one attached hydrogen (secondary N) is 2. The van der Waals surface area contributed by atoms with Gasteiger partial charge in [0.05, 0.1) is 17.8 Å². The maximum Gasteiger partial charge on any atom is 0.244 e. The highest BCUT2D eigenvalue weighted by atomic mass is 32.1. The molecule has 0 unspecified atom stereocenters. The molecule has 0 saturated carbocycles. The van der Waals surface area contributed by atoms with Crippen LogP contribution in [0.15, 0.2) is 73.2 Å². The van der Waals surface area contributed by atoms with Gasteiger partial charge >= 0.3 is 0 Å². The normalized spacial score (nSPS) is 18.7. The maximum atomic E-state index is 12.8. The fourth-order valence-electron chi connectivity index (χ4n) is 3.82. The number of nitrogens with zero attached hydrogens (tertiary/aromatic N) is 3. The number of aromatic nitrogens is 2. The van der Waals surface area contributed by atoms with E-state index in [4.69, 9.17) is 12.2 Å². The molecule has 6 nitrogen and oxygen atoms in total. The first kappa shape index (κ1) is 21.1. The summed E-state index contributed by atoms with van der Waals surface area (Å²) in [7, 11) is 0. The van der Waals surface area contributed by atoms with Crippen LogP contribution >= 0.6 is 12.2 Å². The summed E-state index contributed by atoms with van der Waals surface area (Å²) >= 11 is 5.66. The number of pyridine rings is 1. The van der Waals surface area contributed by atoms with E-state index >= 15 is 0 Å². The zero-order valence-corrected chi connectivity index (χ0v) is 18.8. The Kier molecular flexibility index (Phi) is 5.78. The number of para-hydroxylation sites is 1. The first-order valence-electron chi connectivity index (χ1n) is 10.3. The highest BCUT2D eigenvalue weighted by molar-refractivity contribution is 7.80. The molecule has 1 amide bonds. The molecule has 31 heavy (non-hydrogen) atoms. The van der Waals surface area contributed by atoms with Gasteiger partial charge in [-0.05, 0) is 68.9 Å². The Morgan fingerprint density at radius 2 is 1.87 bits per heavy atom. The molecule has 2 atom stereocenters. The van der Waals surface area contributed by atoms with Crippen molar-refractivity contribution in [3.63, 3.8) is 0 Å². The van der Waals surface area contributed by atoms with Gasteiger partial charge in [0.25, 0.3) is 0 Å². The number of hydrogen-bond acceptors (Lipinski definition) is 3. The number of benzene rings is 1. The summed E-state index contributed by atoms with van der Waals surface area (Å²) in [6, 6.07) is 17.1. The Morgan fingerprint density at radius 1 is 1.13 bits per heavy atom. The van der Waals surface area contributed by atoms with E-state index in [1.807, 2.05) is 53.4 Å². The number of carbonyl (C=O) groups excluding carboxylic acids is 1. The predicted molar refractivity (Wildman–Crippen MR) is 127 cm³/mol. The molecule has 0 aliphatic carbocycles. The lowest BCUT2D eigenvalue weighted by Gasteiger charge is -2.27. The molecule has 160 valence electrons. The second-order valence-corrected chi connectivity index (χ2v) is 9.08. The van der Waals surface area contributed by atoms with Gasteiger partial charge in [-0.1, -0.05) is 24.3 Å². The van der Waals surface area contributed by atoms with Crippen LogP contribution < -0.4 is 10.6 Å². The number of amides is 1. The quantitative estimate of drug-likeness (QED) is 0.589. The zero-order valence-electron chi connectivity index (χ0n) is 17.9. The van der Waals surface area contributed by atoms with E-state index in [-0.39, 0.29) is 30.1 Å². The van der Waals surface area contributed by atoms with Crippen molar-refractivity contribution in [1.82, 2.24) is 19.8 Å². The first-order chi connectivity index (χ1) is 14.8. The SMILES string of the molecule is CC(C)(C)n1ccc([C@@H]2[C@@H](c3ccccn3)NC(=S)N2CC(=O)Nc2ccccc2)c1. The Labute approximate surface area is 188 Å². The van der Waals surface area contributed by atoms with Crippen LogP contribution in [0, 0.1) is 0 Å². The fourth-order valence-corrected chi connectivity index (χ4v) is 4.13. The average molecular weight is 434 g/mol. The van der Waals surface area contributed by atoms with E-state index < -0.39 is 0 Å². The highest BCUT2D eigenvalue weighted by Crippen LogP contribution is 2.39. The molecular weight excluding hydrogens is 406 g/mol. The molecule has 1 aliphatic rings. The molecule has 1 saturated heterocycles. The van der Waals surface area contributed by atoms with Crippen molar-refractivity contribution in [2.75, 3.05) is 11.9 Å². The molecule has 2 aromatic heterocycles. The van der Waals surface area contributed by atoms with E-state index in [0.717, 1.165) is 16.9 Å². The van der Waals surface area contributed by atoms with Crippen LogP contribution in [0.1, 0.15) is 44.1 Å². The number of anilines is 1. The molecular formula is C24H27N5OS. The molecule has 1 aliphatic heterocycles. The molecule has 1 aromatic carbocycles. The second-order valence-electron chi connectivity index (χ2n) is 8.69. The van der Waals surface area contributed by atoms with Gasteiger partial charge in [-0.25, -0.2) is 0 Å². The minimum Gasteiger partial charge on any atom is -0.352 e. The van der Waals surface area contributed by atoms with Crippen LogP contribution in [0.3, 0.4) is 0 Å². The molecule has 3 aromatic rings. The van der Waals surface area contributed by atoms with Crippen LogP contribution in [0.5, 0.6) is 0 Å². The summed E-state index contributed by atoms with van der Waals surface area (Å²) < 4.78 is 2.18. The van der Waals surface area contributed by atoms with E-state index in [1.165, 1.54) is 0 Å². The van der Waals surface area contributed by atoms with Gasteiger partial charge in [0, 0.05) is 29.8 Å². The lowest BCUT2D eigenvalue weighted by Crippen LogP contribution is -2.37. The van der Waals surface area contributed by atoms with Gasteiger partial charge in [0.1, 0.15) is 6.54 Å². The summed E-state index contributed by atoms with van der Waals surface area (Å²) in [5, 5.41) is 6.90. The predicted octanol–water partition coefficient (Wildman–Crippen LogP) is 4.25. The Bertz CT molecular complexity index is 1060. The summed E-state index contributed by atoms with van der Waals surface area (Å²) in [4.78, 5) is 19.3. The molecule has 3 heterocycles. The summed E-state index contributed by atoms with van der Waals surface area (Å²) in [6.07, 6.45) is 5.99. The van der Waals surface area contributed by atoms with Crippen molar-refractivity contribution >= 4 is 28.9 Å². The maximum absolute atomic E-state index is 12.8. The van der Waals surface area contributed by atoms with Crippen molar-refractivity contribution < 1.29 is 4.79 Å². The topological polar surface area (TPSA) is 62.2 Å². The van der Waals surface area contributed by atoms with E-state index in [0.29, 0.717) is 5.11 Å². The average Bonchev–Trinajstić information content (AvgIpc) is 3.35. The molecule has 0 bridgehead atoms. The highest BCUT2D eigenvalue weighted by Gasteiger charge is 2.41. The molecule has 1 fully saturated rings. The van der Waals surface area contributed by atoms with Crippen LogP contribution in [0.25, 0.3) is 0 Å². The molecule has 4 rings (SSSR count). The molecule has 7 heteroatoms. The lowest BCUT2D eigenvalue weighted by molar-refractivity contribution is -0.116. The molecule has 0 spiro atoms. The summed E-state index contributed by atoms with van der Waals surface area (Å²) in [5.41, 5.74) is 2.71. The van der Waals surface area contributed by atoms with Gasteiger partial charge in [-0.3, -0.25) is 9.78 Å². The largest absolute Gasteiger partial charge is 0.352 e. The number of hydrogen-bond donors (Lipinski definition) is 2. The van der Waals surface area contributed by atoms with Crippen LogP contribution in [0.2, 0.25) is 0 Å². The Balaban J connectivity index is 1.64. The smallest absolute Gasteiger partial charge is 0.244 e. The third-order valence-corrected chi connectivity index (χ3v) is 5.75. The monoisotopic (exact) mass is 433 g/mol. The number of carbonyl (C=O) groups is 1. The van der Waals surface area contributed by atoms with Crippen molar-refractivity contribution in [3.05, 3.63) is 84.4 Å². The van der Waals surface area contributed by atoms with Gasteiger partial charge in [-0.2, -0.15) is 0 Å². The second kappa shape index (κ2) is 8.51. The third kappa shape index (κ3) is 4.61. The minimum absolute atomic E-state index is 0.0409. The fraction of sp³-hybridized carbons (Fsp3) is 0.292. The summed E-state index contributed by atoms with van der Waals surface area (Å²) in [6.45, 7) is 6.64. The van der Waals surface area contributed by atoms with E-state index in [9.17, 15) is 4.79 Å². The standard InChI is InChI=1S/C24H27N5OS/c1-24(2,3)28-14-12-17(15-28)22-21(19-11-7-8-13-25-19)27-23(31)29(22)16-20(30)26-18-9-5-4-6-10-18/h4-15,21-22H,16H2,1-3H3,(H,26,30)(H,27,31)/t21-,22-/m1/s1. The van der Waals surface area contributed by atoms with Crippen molar-refractivity contribution in [2.24, 2.45) is 0 Å². The van der Waals surface area contributed by atoms with E-state index in [2.05, 4.69) is 59.4 Å². The van der Waals surface area contributed by atoms with Gasteiger partial charge in [-0.15, -0.1) is 0 Å².